The normalized spacial score (nSPS) is 14.2. The number of benzene rings is 5. The molecule has 2 aliphatic carbocycles. The van der Waals surface area contributed by atoms with E-state index in [9.17, 15) is 0 Å². The van der Waals surface area contributed by atoms with Gasteiger partial charge in [0, 0.05) is 42.5 Å². The maximum atomic E-state index is 3.87. The molecule has 9 rings (SSSR count). The monoisotopic (exact) mass is 887 g/mol. The van der Waals surface area contributed by atoms with Gasteiger partial charge in [0.05, 0.1) is 3.79 Å². The number of nitrogens with zero attached hydrogens (tertiary/aromatic N) is 1. The molecule has 2 aromatic heterocycles. The molecule has 0 bridgehead atoms. The molecule has 4 heteroatoms. The second-order valence-electron chi connectivity index (χ2n) is 18.2. The molecule has 0 amide bonds. The first-order chi connectivity index (χ1) is 29.1. The van der Waals surface area contributed by atoms with Gasteiger partial charge in [0.25, 0.3) is 0 Å². The molecular weight excluding hydrogens is 831 g/mol. The maximum Gasteiger partial charge on any atom is 0.0708 e. The first kappa shape index (κ1) is 41.1. The molecule has 5 aromatic carbocycles. The lowest BCUT2D eigenvalue weighted by Crippen LogP contribution is -2.18. The minimum Gasteiger partial charge on any atom is -0.310 e. The van der Waals surface area contributed by atoms with Gasteiger partial charge in [-0.05, 0) is 151 Å². The summed E-state index contributed by atoms with van der Waals surface area (Å²) >= 11 is 7.78. The lowest BCUT2D eigenvalue weighted by molar-refractivity contribution is 0.660. The Morgan fingerprint density at radius 2 is 0.950 bits per heavy atom. The van der Waals surface area contributed by atoms with E-state index in [4.69, 9.17) is 0 Å². The van der Waals surface area contributed by atoms with E-state index in [0.717, 1.165) is 12.8 Å². The van der Waals surface area contributed by atoms with Crippen LogP contribution in [0.1, 0.15) is 126 Å². The van der Waals surface area contributed by atoms with E-state index in [1.807, 2.05) is 22.7 Å². The van der Waals surface area contributed by atoms with E-state index in [0.29, 0.717) is 0 Å². The van der Waals surface area contributed by atoms with Gasteiger partial charge >= 0.3 is 0 Å². The number of fused-ring (bicyclic) bond motifs is 6. The standard InChI is InChI=1S/C56H58BrNS2/c1-7-9-11-13-19-38-33-51(54-39(34-52(57)60-54)20-14-12-10-8-2)59-53(38)37-25-27-40(28-26-37)58(41-29-31-45-43-21-15-17-23-47(43)55(3,4)49(45)35-41)42-30-32-46-44-22-16-18-24-48(44)56(5,6)50(46)36-42/h15-18,21-36H,7-14,19-20H2,1-6H3. The molecule has 0 aliphatic heterocycles. The summed E-state index contributed by atoms with van der Waals surface area (Å²) in [7, 11) is 0. The molecule has 0 fully saturated rings. The zero-order chi connectivity index (χ0) is 41.6. The molecule has 0 N–H and O–H groups in total. The first-order valence-corrected chi connectivity index (χ1v) is 24.8. The molecule has 7 aromatic rings. The van der Waals surface area contributed by atoms with Crippen molar-refractivity contribution in [3.63, 3.8) is 0 Å². The predicted molar refractivity (Wildman–Crippen MR) is 266 cm³/mol. The topological polar surface area (TPSA) is 3.24 Å². The summed E-state index contributed by atoms with van der Waals surface area (Å²) in [6.07, 6.45) is 12.5. The van der Waals surface area contributed by atoms with Gasteiger partial charge in [-0.15, -0.1) is 22.7 Å². The molecule has 0 saturated carbocycles. The highest BCUT2D eigenvalue weighted by Gasteiger charge is 2.37. The van der Waals surface area contributed by atoms with Crippen LogP contribution >= 0.6 is 38.6 Å². The van der Waals surface area contributed by atoms with E-state index in [-0.39, 0.29) is 10.8 Å². The Labute approximate surface area is 375 Å². The molecule has 60 heavy (non-hydrogen) atoms. The van der Waals surface area contributed by atoms with Crippen LogP contribution in [0.2, 0.25) is 0 Å². The van der Waals surface area contributed by atoms with E-state index in [1.54, 1.807) is 0 Å². The minimum atomic E-state index is -0.0863. The Morgan fingerprint density at radius 3 is 1.48 bits per heavy atom. The SMILES string of the molecule is CCCCCCc1cc(-c2sc(Br)cc2CCCCCC)sc1-c1ccc(N(c2ccc3c(c2)C(C)(C)c2ccccc2-3)c2ccc3c(c2)C(C)(C)c2ccccc2-3)cc1. The fraction of sp³-hybridized carbons (Fsp3) is 0.321. The molecule has 0 unspecified atom stereocenters. The van der Waals surface area contributed by atoms with Crippen LogP contribution in [0.4, 0.5) is 17.1 Å². The molecule has 1 nitrogen and oxygen atoms in total. The third-order valence-corrected chi connectivity index (χ3v) is 16.5. The van der Waals surface area contributed by atoms with Crippen molar-refractivity contribution in [2.75, 3.05) is 4.90 Å². The van der Waals surface area contributed by atoms with Crippen molar-refractivity contribution in [1.82, 2.24) is 0 Å². The smallest absolute Gasteiger partial charge is 0.0708 e. The van der Waals surface area contributed by atoms with Crippen molar-refractivity contribution in [1.29, 1.82) is 0 Å². The lowest BCUT2D eigenvalue weighted by Gasteiger charge is -2.30. The van der Waals surface area contributed by atoms with Gasteiger partial charge in [0.1, 0.15) is 0 Å². The van der Waals surface area contributed by atoms with E-state index in [2.05, 4.69) is 184 Å². The van der Waals surface area contributed by atoms with Gasteiger partial charge in [0.2, 0.25) is 0 Å². The zero-order valence-corrected chi connectivity index (χ0v) is 39.5. The second kappa shape index (κ2) is 16.9. The number of anilines is 3. The summed E-state index contributed by atoms with van der Waals surface area (Å²) in [5.74, 6) is 0. The quantitative estimate of drug-likeness (QED) is 0.0927. The average molecular weight is 889 g/mol. The maximum absolute atomic E-state index is 3.87. The Balaban J connectivity index is 1.13. The highest BCUT2D eigenvalue weighted by atomic mass is 79.9. The number of unbranched alkanes of at least 4 members (excludes halogenated alkanes) is 6. The largest absolute Gasteiger partial charge is 0.310 e. The lowest BCUT2D eigenvalue weighted by atomic mass is 9.82. The van der Waals surface area contributed by atoms with Crippen molar-refractivity contribution in [2.45, 2.75) is 117 Å². The third kappa shape index (κ3) is 7.45. The van der Waals surface area contributed by atoms with E-state index >= 15 is 0 Å². The summed E-state index contributed by atoms with van der Waals surface area (Å²) in [6, 6.07) is 46.7. The number of hydrogen-bond acceptors (Lipinski definition) is 3. The minimum absolute atomic E-state index is 0.0863. The van der Waals surface area contributed by atoms with Crippen LogP contribution in [0, 0.1) is 0 Å². The van der Waals surface area contributed by atoms with Gasteiger partial charge in [0.15, 0.2) is 0 Å². The van der Waals surface area contributed by atoms with Crippen LogP contribution in [0.25, 0.3) is 42.4 Å². The van der Waals surface area contributed by atoms with Crippen molar-refractivity contribution in [2.24, 2.45) is 0 Å². The summed E-state index contributed by atoms with van der Waals surface area (Å²) in [4.78, 5) is 6.80. The summed E-state index contributed by atoms with van der Waals surface area (Å²) in [6.45, 7) is 14.1. The molecule has 0 saturated heterocycles. The number of rotatable bonds is 15. The highest BCUT2D eigenvalue weighted by molar-refractivity contribution is 9.11. The first-order valence-electron chi connectivity index (χ1n) is 22.4. The van der Waals surface area contributed by atoms with E-state index < -0.39 is 0 Å². The number of aryl methyl sites for hydroxylation is 2. The van der Waals surface area contributed by atoms with Gasteiger partial charge in [-0.25, -0.2) is 0 Å². The van der Waals surface area contributed by atoms with Crippen LogP contribution in [0.15, 0.2) is 125 Å². The fourth-order valence-corrected chi connectivity index (χ4v) is 13.2. The van der Waals surface area contributed by atoms with Crippen LogP contribution in [0.3, 0.4) is 0 Å². The van der Waals surface area contributed by atoms with Gasteiger partial charge in [-0.1, -0.05) is 153 Å². The van der Waals surface area contributed by atoms with Crippen molar-refractivity contribution in [3.05, 3.63) is 158 Å². The van der Waals surface area contributed by atoms with E-state index in [1.165, 1.54) is 148 Å². The second-order valence-corrected chi connectivity index (χ2v) is 21.7. The Kier molecular flexibility index (Phi) is 11.6. The number of halogens is 1. The Morgan fingerprint density at radius 1 is 0.467 bits per heavy atom. The van der Waals surface area contributed by atoms with Gasteiger partial charge in [-0.3, -0.25) is 0 Å². The van der Waals surface area contributed by atoms with Crippen molar-refractivity contribution in [3.8, 4) is 42.4 Å². The van der Waals surface area contributed by atoms with Gasteiger partial charge in [-0.2, -0.15) is 0 Å². The number of hydrogen-bond donors (Lipinski definition) is 0. The van der Waals surface area contributed by atoms with Gasteiger partial charge < -0.3 is 4.90 Å². The molecule has 2 heterocycles. The summed E-state index contributed by atoms with van der Waals surface area (Å²) < 4.78 is 1.24. The van der Waals surface area contributed by atoms with Crippen LogP contribution in [-0.2, 0) is 23.7 Å². The zero-order valence-electron chi connectivity index (χ0n) is 36.3. The van der Waals surface area contributed by atoms with Crippen LogP contribution < -0.4 is 4.90 Å². The Hall–Kier alpha value is -4.22. The Bertz CT molecular complexity index is 2550. The summed E-state index contributed by atoms with van der Waals surface area (Å²) in [5, 5.41) is 0. The third-order valence-electron chi connectivity index (χ3n) is 13.4. The van der Waals surface area contributed by atoms with Crippen LogP contribution in [-0.4, -0.2) is 0 Å². The molecule has 0 spiro atoms. The average Bonchev–Trinajstić information content (AvgIpc) is 3.97. The fourth-order valence-electron chi connectivity index (χ4n) is 10.1. The predicted octanol–water partition coefficient (Wildman–Crippen LogP) is 18.2. The molecule has 2 aliphatic rings. The van der Waals surface area contributed by atoms with Crippen LogP contribution in [0.5, 0.6) is 0 Å². The highest BCUT2D eigenvalue weighted by Crippen LogP contribution is 2.53. The molecule has 0 radical (unpaired) electrons. The summed E-state index contributed by atoms with van der Waals surface area (Å²) in [5.41, 5.74) is 18.7. The molecular formula is C56H58BrNS2. The molecule has 0 atom stereocenters. The van der Waals surface area contributed by atoms with Crippen molar-refractivity contribution >= 4 is 55.7 Å². The molecule has 306 valence electrons. The van der Waals surface area contributed by atoms with Crippen molar-refractivity contribution < 1.29 is 0 Å². The number of thiophene rings is 2.